The number of nitrogens with one attached hydrogen (secondary N) is 1. The second-order valence-corrected chi connectivity index (χ2v) is 5.69. The van der Waals surface area contributed by atoms with E-state index >= 15 is 0 Å². The van der Waals surface area contributed by atoms with Gasteiger partial charge in [-0.05, 0) is 23.8 Å². The fraction of sp³-hybridized carbons (Fsp3) is 0.200. The van der Waals surface area contributed by atoms with Crippen molar-refractivity contribution in [3.8, 4) is 0 Å². The van der Waals surface area contributed by atoms with Gasteiger partial charge in [0.15, 0.2) is 0 Å². The van der Waals surface area contributed by atoms with E-state index in [2.05, 4.69) is 5.32 Å². The number of hydrogen-bond acceptors (Lipinski definition) is 3. The van der Waals surface area contributed by atoms with Gasteiger partial charge in [-0.1, -0.05) is 48.5 Å². The average molecular weight is 336 g/mol. The molecule has 1 N–H and O–H groups in total. The van der Waals surface area contributed by atoms with Crippen LogP contribution in [0.3, 0.4) is 0 Å². The molecule has 0 radical (unpaired) electrons. The molecule has 5 heteroatoms. The molecule has 2 amide bonds. The van der Waals surface area contributed by atoms with Gasteiger partial charge < -0.3 is 15.0 Å². The summed E-state index contributed by atoms with van der Waals surface area (Å²) in [5, 5.41) is 2.77. The summed E-state index contributed by atoms with van der Waals surface area (Å²) in [6.07, 6.45) is 1.71. The highest BCUT2D eigenvalue weighted by Gasteiger charge is 2.22. The predicted molar refractivity (Wildman–Crippen MR) is 95.7 cm³/mol. The fourth-order valence-corrected chi connectivity index (χ4v) is 2.59. The first kappa shape index (κ1) is 16.9. The van der Waals surface area contributed by atoms with Crippen LogP contribution in [0.1, 0.15) is 15.9 Å². The van der Waals surface area contributed by atoms with E-state index in [-0.39, 0.29) is 17.5 Å². The summed E-state index contributed by atoms with van der Waals surface area (Å²) < 4.78 is 5.30. The standard InChI is InChI=1S/C20H20N2O3/c23-19(17-9-5-2-6-10-17)21-18(15-16-7-3-1-4-8-16)20(24)22-11-13-25-14-12-22/h1-10,15H,11-14H2,(H,21,23)/b18-15+. The average Bonchev–Trinajstić information content (AvgIpc) is 2.69. The highest BCUT2D eigenvalue weighted by molar-refractivity contribution is 6.05. The summed E-state index contributed by atoms with van der Waals surface area (Å²) >= 11 is 0. The maximum Gasteiger partial charge on any atom is 0.270 e. The molecule has 1 fully saturated rings. The van der Waals surface area contributed by atoms with Crippen molar-refractivity contribution in [2.45, 2.75) is 0 Å². The molecular formula is C20H20N2O3. The molecule has 25 heavy (non-hydrogen) atoms. The van der Waals surface area contributed by atoms with Crippen molar-refractivity contribution in [3.05, 3.63) is 77.5 Å². The molecule has 2 aromatic carbocycles. The summed E-state index contributed by atoms with van der Waals surface area (Å²) in [7, 11) is 0. The quantitative estimate of drug-likeness (QED) is 0.872. The van der Waals surface area contributed by atoms with Gasteiger partial charge in [-0.15, -0.1) is 0 Å². The lowest BCUT2D eigenvalue weighted by molar-refractivity contribution is -0.131. The molecule has 1 aliphatic heterocycles. The fourth-order valence-electron chi connectivity index (χ4n) is 2.59. The van der Waals surface area contributed by atoms with E-state index in [1.54, 1.807) is 35.2 Å². The van der Waals surface area contributed by atoms with Gasteiger partial charge in [0, 0.05) is 18.7 Å². The third-order valence-electron chi connectivity index (χ3n) is 3.92. The third-order valence-corrected chi connectivity index (χ3v) is 3.92. The normalized spacial score (nSPS) is 14.9. The molecule has 0 aliphatic carbocycles. The maximum absolute atomic E-state index is 12.9. The van der Waals surface area contributed by atoms with Gasteiger partial charge in [0.1, 0.15) is 5.70 Å². The van der Waals surface area contributed by atoms with Crippen LogP contribution in [0.15, 0.2) is 66.4 Å². The summed E-state index contributed by atoms with van der Waals surface area (Å²) in [4.78, 5) is 27.0. The van der Waals surface area contributed by atoms with Gasteiger partial charge in [-0.25, -0.2) is 0 Å². The van der Waals surface area contributed by atoms with Crippen LogP contribution in [0, 0.1) is 0 Å². The van der Waals surface area contributed by atoms with Gasteiger partial charge in [0.2, 0.25) is 0 Å². The van der Waals surface area contributed by atoms with Gasteiger partial charge in [-0.3, -0.25) is 9.59 Å². The molecule has 0 unspecified atom stereocenters. The number of benzene rings is 2. The molecular weight excluding hydrogens is 316 g/mol. The van der Waals surface area contributed by atoms with E-state index in [0.29, 0.717) is 31.9 Å². The van der Waals surface area contributed by atoms with Crippen molar-refractivity contribution in [2.75, 3.05) is 26.3 Å². The first-order chi connectivity index (χ1) is 12.2. The van der Waals surface area contributed by atoms with Crippen molar-refractivity contribution in [1.82, 2.24) is 10.2 Å². The van der Waals surface area contributed by atoms with E-state index in [0.717, 1.165) is 5.56 Å². The minimum absolute atomic E-state index is 0.198. The molecule has 3 rings (SSSR count). The number of rotatable bonds is 4. The lowest BCUT2D eigenvalue weighted by atomic mass is 10.1. The molecule has 2 aromatic rings. The lowest BCUT2D eigenvalue weighted by Crippen LogP contribution is -2.44. The van der Waals surface area contributed by atoms with Crippen LogP contribution in [-0.4, -0.2) is 43.0 Å². The largest absolute Gasteiger partial charge is 0.378 e. The van der Waals surface area contributed by atoms with Gasteiger partial charge >= 0.3 is 0 Å². The Labute approximate surface area is 146 Å². The Bertz CT molecular complexity index is 751. The summed E-state index contributed by atoms with van der Waals surface area (Å²) in [5.74, 6) is -0.499. The smallest absolute Gasteiger partial charge is 0.270 e. The zero-order valence-electron chi connectivity index (χ0n) is 13.9. The number of morpholine rings is 1. The molecule has 5 nitrogen and oxygen atoms in total. The minimum atomic E-state index is -0.301. The molecule has 0 saturated carbocycles. The van der Waals surface area contributed by atoms with Crippen molar-refractivity contribution in [2.24, 2.45) is 0 Å². The highest BCUT2D eigenvalue weighted by atomic mass is 16.5. The molecule has 128 valence electrons. The van der Waals surface area contributed by atoms with E-state index < -0.39 is 0 Å². The highest BCUT2D eigenvalue weighted by Crippen LogP contribution is 2.11. The third kappa shape index (κ3) is 4.55. The maximum atomic E-state index is 12.9. The van der Waals surface area contributed by atoms with Crippen LogP contribution < -0.4 is 5.32 Å². The molecule has 1 aliphatic rings. The summed E-state index contributed by atoms with van der Waals surface area (Å²) in [5.41, 5.74) is 1.63. The van der Waals surface area contributed by atoms with Crippen molar-refractivity contribution in [3.63, 3.8) is 0 Å². The predicted octanol–water partition coefficient (Wildman–Crippen LogP) is 2.32. The second kappa shape index (κ2) is 8.26. The van der Waals surface area contributed by atoms with Gasteiger partial charge in [0.05, 0.1) is 13.2 Å². The monoisotopic (exact) mass is 336 g/mol. The zero-order chi connectivity index (χ0) is 17.5. The molecule has 0 bridgehead atoms. The number of amides is 2. The molecule has 0 aromatic heterocycles. The Balaban J connectivity index is 1.85. The van der Waals surface area contributed by atoms with E-state index in [1.807, 2.05) is 36.4 Å². The van der Waals surface area contributed by atoms with E-state index in [9.17, 15) is 9.59 Å². The molecule has 1 saturated heterocycles. The SMILES string of the molecule is O=C(N/C(=C/c1ccccc1)C(=O)N1CCOCC1)c1ccccc1. The van der Waals surface area contributed by atoms with Crippen LogP contribution in [0.25, 0.3) is 6.08 Å². The van der Waals surface area contributed by atoms with Crippen LogP contribution in [-0.2, 0) is 9.53 Å². The summed E-state index contributed by atoms with van der Waals surface area (Å²) in [6, 6.07) is 18.3. The van der Waals surface area contributed by atoms with Gasteiger partial charge in [-0.2, -0.15) is 0 Å². The van der Waals surface area contributed by atoms with Crippen LogP contribution >= 0.6 is 0 Å². The van der Waals surface area contributed by atoms with Gasteiger partial charge in [0.25, 0.3) is 11.8 Å². The number of carbonyl (C=O) groups is 2. The number of carbonyl (C=O) groups excluding carboxylic acids is 2. The Hall–Kier alpha value is -2.92. The van der Waals surface area contributed by atoms with E-state index in [1.165, 1.54) is 0 Å². The van der Waals surface area contributed by atoms with Crippen LogP contribution in [0.5, 0.6) is 0 Å². The first-order valence-electron chi connectivity index (χ1n) is 8.24. The Morgan fingerprint density at radius 1 is 0.920 bits per heavy atom. The molecule has 1 heterocycles. The molecule has 0 spiro atoms. The topological polar surface area (TPSA) is 58.6 Å². The van der Waals surface area contributed by atoms with Crippen LogP contribution in [0.2, 0.25) is 0 Å². The zero-order valence-corrected chi connectivity index (χ0v) is 13.9. The minimum Gasteiger partial charge on any atom is -0.378 e. The first-order valence-corrected chi connectivity index (χ1v) is 8.24. The molecule has 0 atom stereocenters. The Morgan fingerprint density at radius 2 is 1.52 bits per heavy atom. The summed E-state index contributed by atoms with van der Waals surface area (Å²) in [6.45, 7) is 2.06. The number of nitrogens with zero attached hydrogens (tertiary/aromatic N) is 1. The van der Waals surface area contributed by atoms with Crippen LogP contribution in [0.4, 0.5) is 0 Å². The van der Waals surface area contributed by atoms with Crippen molar-refractivity contribution in [1.29, 1.82) is 0 Å². The number of ether oxygens (including phenoxy) is 1. The second-order valence-electron chi connectivity index (χ2n) is 5.69. The lowest BCUT2D eigenvalue weighted by Gasteiger charge is -2.27. The Morgan fingerprint density at radius 3 is 2.16 bits per heavy atom. The number of hydrogen-bond donors (Lipinski definition) is 1. The van der Waals surface area contributed by atoms with Crippen molar-refractivity contribution >= 4 is 17.9 Å². The van der Waals surface area contributed by atoms with Crippen molar-refractivity contribution < 1.29 is 14.3 Å². The Kier molecular flexibility index (Phi) is 5.59. The van der Waals surface area contributed by atoms with E-state index in [4.69, 9.17) is 4.74 Å².